The molecule has 0 saturated carbocycles. The Balaban J connectivity index is 2.71. The van der Waals surface area contributed by atoms with E-state index in [9.17, 15) is 4.79 Å². The summed E-state index contributed by atoms with van der Waals surface area (Å²) in [7, 11) is 1.38. The fraction of sp³-hybridized carbons (Fsp3) is 0.533. The Bertz CT molecular complexity index is 437. The Kier molecular flexibility index (Phi) is 7.62. The number of halogens is 1. The molecule has 1 N–H and O–H groups in total. The number of hydrogen-bond acceptors (Lipinski definition) is 4. The first-order valence-corrected chi connectivity index (χ1v) is 7.60. The van der Waals surface area contributed by atoms with E-state index in [1.54, 1.807) is 0 Å². The fourth-order valence-electron chi connectivity index (χ4n) is 1.81. The highest BCUT2D eigenvalue weighted by atomic mass is 79.9. The van der Waals surface area contributed by atoms with Crippen molar-refractivity contribution in [1.29, 1.82) is 0 Å². The Labute approximate surface area is 129 Å². The van der Waals surface area contributed by atoms with Gasteiger partial charge >= 0.3 is 5.97 Å². The molecule has 1 atom stereocenters. The summed E-state index contributed by atoms with van der Waals surface area (Å²) in [6, 6.07) is 6.09. The fourth-order valence-corrected chi connectivity index (χ4v) is 2.19. The van der Waals surface area contributed by atoms with Gasteiger partial charge in [-0.3, -0.25) is 4.79 Å². The zero-order chi connectivity index (χ0) is 15.0. The number of carbonyl (C=O) groups is 1. The van der Waals surface area contributed by atoms with Crippen LogP contribution in [0, 0.1) is 0 Å². The third-order valence-corrected chi connectivity index (χ3v) is 3.42. The van der Waals surface area contributed by atoms with Crippen molar-refractivity contribution in [2.24, 2.45) is 0 Å². The summed E-state index contributed by atoms with van der Waals surface area (Å²) in [5.74, 6) is 0.536. The standard InChI is InChI=1S/C15H22BrNO3/c1-4-8-17-11(2)13-10-12(16)5-6-14(13)20-9-7-15(18)19-3/h5-6,10-11,17H,4,7-9H2,1-3H3. The first kappa shape index (κ1) is 17.0. The highest BCUT2D eigenvalue weighted by Gasteiger charge is 2.12. The van der Waals surface area contributed by atoms with Gasteiger partial charge in [-0.1, -0.05) is 22.9 Å². The molecule has 1 rings (SSSR count). The van der Waals surface area contributed by atoms with Crippen LogP contribution in [0.2, 0.25) is 0 Å². The van der Waals surface area contributed by atoms with E-state index in [4.69, 9.17) is 4.74 Å². The zero-order valence-electron chi connectivity index (χ0n) is 12.2. The topological polar surface area (TPSA) is 47.6 Å². The lowest BCUT2D eigenvalue weighted by Gasteiger charge is -2.18. The average molecular weight is 344 g/mol. The Morgan fingerprint density at radius 2 is 2.20 bits per heavy atom. The molecule has 0 aliphatic rings. The smallest absolute Gasteiger partial charge is 0.308 e. The molecule has 0 heterocycles. The van der Waals surface area contributed by atoms with Crippen LogP contribution in [-0.2, 0) is 9.53 Å². The molecule has 112 valence electrons. The summed E-state index contributed by atoms with van der Waals surface area (Å²) in [4.78, 5) is 11.1. The van der Waals surface area contributed by atoms with Crippen LogP contribution in [0.5, 0.6) is 5.75 Å². The van der Waals surface area contributed by atoms with Gasteiger partial charge in [-0.05, 0) is 38.1 Å². The largest absolute Gasteiger partial charge is 0.493 e. The van der Waals surface area contributed by atoms with Crippen molar-refractivity contribution >= 4 is 21.9 Å². The van der Waals surface area contributed by atoms with Crippen LogP contribution >= 0.6 is 15.9 Å². The second-order valence-corrected chi connectivity index (χ2v) is 5.45. The highest BCUT2D eigenvalue weighted by molar-refractivity contribution is 9.10. The van der Waals surface area contributed by atoms with Gasteiger partial charge in [0.25, 0.3) is 0 Å². The van der Waals surface area contributed by atoms with Crippen molar-refractivity contribution in [3.63, 3.8) is 0 Å². The van der Waals surface area contributed by atoms with E-state index in [0.717, 1.165) is 28.8 Å². The molecule has 1 aromatic rings. The molecule has 4 nitrogen and oxygen atoms in total. The Hall–Kier alpha value is -1.07. The van der Waals surface area contributed by atoms with Crippen LogP contribution in [0.1, 0.15) is 38.3 Å². The number of rotatable bonds is 8. The third-order valence-electron chi connectivity index (χ3n) is 2.93. The zero-order valence-corrected chi connectivity index (χ0v) is 13.8. The van der Waals surface area contributed by atoms with Gasteiger partial charge in [-0.25, -0.2) is 0 Å². The van der Waals surface area contributed by atoms with E-state index in [1.165, 1.54) is 7.11 Å². The van der Waals surface area contributed by atoms with Crippen molar-refractivity contribution in [3.8, 4) is 5.75 Å². The Morgan fingerprint density at radius 1 is 1.45 bits per heavy atom. The van der Waals surface area contributed by atoms with E-state index >= 15 is 0 Å². The van der Waals surface area contributed by atoms with Gasteiger partial charge in [0.2, 0.25) is 0 Å². The third kappa shape index (κ3) is 5.51. The van der Waals surface area contributed by atoms with Crippen LogP contribution in [0.15, 0.2) is 22.7 Å². The lowest BCUT2D eigenvalue weighted by Crippen LogP contribution is -2.20. The predicted octanol–water partition coefficient (Wildman–Crippen LogP) is 3.45. The molecule has 0 amide bonds. The molecule has 0 aliphatic carbocycles. The average Bonchev–Trinajstić information content (AvgIpc) is 2.45. The van der Waals surface area contributed by atoms with Crippen molar-refractivity contribution in [2.45, 2.75) is 32.7 Å². The van der Waals surface area contributed by atoms with E-state index in [2.05, 4.69) is 39.8 Å². The highest BCUT2D eigenvalue weighted by Crippen LogP contribution is 2.28. The summed E-state index contributed by atoms with van der Waals surface area (Å²) in [6.45, 7) is 5.51. The van der Waals surface area contributed by atoms with E-state index in [1.807, 2.05) is 18.2 Å². The van der Waals surface area contributed by atoms with Gasteiger partial charge in [-0.2, -0.15) is 0 Å². The molecular formula is C15H22BrNO3. The molecule has 1 unspecified atom stereocenters. The number of ether oxygens (including phenoxy) is 2. The molecule has 1 aromatic carbocycles. The van der Waals surface area contributed by atoms with Crippen LogP contribution in [0.3, 0.4) is 0 Å². The van der Waals surface area contributed by atoms with Crippen LogP contribution in [0.4, 0.5) is 0 Å². The van der Waals surface area contributed by atoms with E-state index in [0.29, 0.717) is 6.61 Å². The summed E-state index contributed by atoms with van der Waals surface area (Å²) < 4.78 is 11.3. The molecule has 0 radical (unpaired) electrons. The van der Waals surface area contributed by atoms with Crippen molar-refractivity contribution in [1.82, 2.24) is 5.32 Å². The Morgan fingerprint density at radius 3 is 2.85 bits per heavy atom. The molecule has 0 aliphatic heterocycles. The predicted molar refractivity (Wildman–Crippen MR) is 83.0 cm³/mol. The second-order valence-electron chi connectivity index (χ2n) is 4.53. The maximum absolute atomic E-state index is 11.1. The minimum atomic E-state index is -0.263. The van der Waals surface area contributed by atoms with Crippen molar-refractivity contribution < 1.29 is 14.3 Å². The maximum atomic E-state index is 11.1. The lowest BCUT2D eigenvalue weighted by molar-refractivity contribution is -0.141. The number of nitrogens with one attached hydrogen (secondary N) is 1. The minimum Gasteiger partial charge on any atom is -0.493 e. The van der Waals surface area contributed by atoms with Crippen LogP contribution < -0.4 is 10.1 Å². The molecule has 0 aromatic heterocycles. The van der Waals surface area contributed by atoms with E-state index in [-0.39, 0.29) is 18.4 Å². The van der Waals surface area contributed by atoms with Gasteiger partial charge in [0.1, 0.15) is 5.75 Å². The van der Waals surface area contributed by atoms with Crippen molar-refractivity contribution in [2.75, 3.05) is 20.3 Å². The molecular weight excluding hydrogens is 322 g/mol. The summed E-state index contributed by atoms with van der Waals surface area (Å²) in [5, 5.41) is 3.43. The molecule has 20 heavy (non-hydrogen) atoms. The number of benzene rings is 1. The van der Waals surface area contributed by atoms with Gasteiger partial charge in [0.05, 0.1) is 20.1 Å². The first-order chi connectivity index (χ1) is 9.58. The summed E-state index contributed by atoms with van der Waals surface area (Å²) in [5.41, 5.74) is 1.08. The molecule has 5 heteroatoms. The molecule has 0 bridgehead atoms. The van der Waals surface area contributed by atoms with Gasteiger partial charge in [0, 0.05) is 16.1 Å². The molecule has 0 saturated heterocycles. The summed E-state index contributed by atoms with van der Waals surface area (Å²) >= 11 is 3.48. The number of carbonyl (C=O) groups excluding carboxylic acids is 1. The van der Waals surface area contributed by atoms with Gasteiger partial charge < -0.3 is 14.8 Å². The number of methoxy groups -OCH3 is 1. The minimum absolute atomic E-state index is 0.195. The van der Waals surface area contributed by atoms with Crippen molar-refractivity contribution in [3.05, 3.63) is 28.2 Å². The molecule has 0 spiro atoms. The number of esters is 1. The quantitative estimate of drug-likeness (QED) is 0.734. The SMILES string of the molecule is CCCNC(C)c1cc(Br)ccc1OCCC(=O)OC. The molecule has 0 fully saturated rings. The maximum Gasteiger partial charge on any atom is 0.308 e. The van der Waals surface area contributed by atoms with Gasteiger partial charge in [-0.15, -0.1) is 0 Å². The normalized spacial score (nSPS) is 12.0. The number of hydrogen-bond donors (Lipinski definition) is 1. The van der Waals surface area contributed by atoms with E-state index < -0.39 is 0 Å². The second kappa shape index (κ2) is 8.97. The monoisotopic (exact) mass is 343 g/mol. The first-order valence-electron chi connectivity index (χ1n) is 6.81. The van der Waals surface area contributed by atoms with Crippen LogP contribution in [0.25, 0.3) is 0 Å². The van der Waals surface area contributed by atoms with Gasteiger partial charge in [0.15, 0.2) is 0 Å². The summed E-state index contributed by atoms with van der Waals surface area (Å²) in [6.07, 6.45) is 1.33. The van der Waals surface area contributed by atoms with Crippen LogP contribution in [-0.4, -0.2) is 26.2 Å². The lowest BCUT2D eigenvalue weighted by atomic mass is 10.1.